The third-order valence-corrected chi connectivity index (χ3v) is 8.37. The first-order valence-corrected chi connectivity index (χ1v) is 15.6. The van der Waals surface area contributed by atoms with Crippen LogP contribution in [0.2, 0.25) is 0 Å². The summed E-state index contributed by atoms with van der Waals surface area (Å²) in [6.45, 7) is 20.4. The van der Waals surface area contributed by atoms with Gasteiger partial charge in [0.2, 0.25) is 0 Å². The van der Waals surface area contributed by atoms with Crippen LogP contribution in [0.5, 0.6) is 0 Å². The fourth-order valence-corrected chi connectivity index (χ4v) is 5.87. The van der Waals surface area contributed by atoms with Crippen LogP contribution in [0, 0.1) is 12.8 Å². The number of rotatable bonds is 8. The summed E-state index contributed by atoms with van der Waals surface area (Å²) >= 11 is 0. The van der Waals surface area contributed by atoms with Crippen LogP contribution in [0.3, 0.4) is 0 Å². The highest BCUT2D eigenvalue weighted by Crippen LogP contribution is 2.28. The first kappa shape index (κ1) is 31.2. The fourth-order valence-electron chi connectivity index (χ4n) is 5.87. The van der Waals surface area contributed by atoms with Crippen LogP contribution in [0.15, 0.2) is 43.3 Å². The molecule has 7 nitrogen and oxygen atoms in total. The summed E-state index contributed by atoms with van der Waals surface area (Å²) in [6.07, 6.45) is 20.0. The summed E-state index contributed by atoms with van der Waals surface area (Å²) in [7, 11) is 2.16. The number of allylic oxidation sites excluding steroid dienone is 4. The number of nitrogens with one attached hydrogen (secondary N) is 2. The number of aromatic amines is 2. The maximum atomic E-state index is 4.98. The number of likely N-dealkylation sites (N-methyl/N-ethyl adjacent to an activating group) is 1. The Bertz CT molecular complexity index is 1490. The van der Waals surface area contributed by atoms with Crippen molar-refractivity contribution in [3.8, 4) is 11.5 Å². The topological polar surface area (TPSA) is 76.7 Å². The lowest BCUT2D eigenvalue weighted by atomic mass is 9.85. The molecule has 1 saturated heterocycles. The average molecular weight is 568 g/mol. The Hall–Kier alpha value is -3.71. The number of hydrogen-bond acceptors (Lipinski definition) is 5. The van der Waals surface area contributed by atoms with Gasteiger partial charge in [-0.15, -0.1) is 0 Å². The van der Waals surface area contributed by atoms with Gasteiger partial charge in [-0.25, -0.2) is 4.98 Å². The number of aromatic nitrogens is 5. The first-order chi connectivity index (χ1) is 20.4. The monoisotopic (exact) mass is 567 g/mol. The number of imidazole rings is 1. The van der Waals surface area contributed by atoms with Gasteiger partial charge >= 0.3 is 0 Å². The van der Waals surface area contributed by atoms with Gasteiger partial charge in [-0.3, -0.25) is 10.1 Å². The first-order valence-electron chi connectivity index (χ1n) is 15.6. The molecule has 42 heavy (non-hydrogen) atoms. The molecule has 0 atom stereocenters. The van der Waals surface area contributed by atoms with Crippen LogP contribution in [-0.4, -0.2) is 68.2 Å². The molecule has 2 N–H and O–H groups in total. The average Bonchev–Trinajstić information content (AvgIpc) is 3.58. The van der Waals surface area contributed by atoms with Crippen molar-refractivity contribution >= 4 is 23.9 Å². The van der Waals surface area contributed by atoms with E-state index in [0.717, 1.165) is 88.8 Å². The van der Waals surface area contributed by atoms with E-state index in [2.05, 4.69) is 82.2 Å². The molecule has 2 fully saturated rings. The van der Waals surface area contributed by atoms with E-state index in [0.29, 0.717) is 0 Å². The summed E-state index contributed by atoms with van der Waals surface area (Å²) in [5.41, 5.74) is 7.43. The Morgan fingerprint density at radius 1 is 1.07 bits per heavy atom. The Balaban J connectivity index is 0.00000198. The minimum atomic E-state index is 0.720. The molecular weight excluding hydrogens is 518 g/mol. The van der Waals surface area contributed by atoms with Crippen molar-refractivity contribution in [1.82, 2.24) is 34.9 Å². The van der Waals surface area contributed by atoms with Crippen molar-refractivity contribution in [2.75, 3.05) is 33.2 Å². The third-order valence-electron chi connectivity index (χ3n) is 8.37. The van der Waals surface area contributed by atoms with Gasteiger partial charge in [-0.2, -0.15) is 5.10 Å². The molecule has 3 aromatic rings. The van der Waals surface area contributed by atoms with E-state index in [9.17, 15) is 0 Å². The largest absolute Gasteiger partial charge is 0.367 e. The second kappa shape index (κ2) is 15.0. The summed E-state index contributed by atoms with van der Waals surface area (Å²) in [4.78, 5) is 17.7. The van der Waals surface area contributed by atoms with E-state index in [1.54, 1.807) is 0 Å². The zero-order chi connectivity index (χ0) is 30.1. The van der Waals surface area contributed by atoms with Gasteiger partial charge < -0.3 is 14.8 Å². The minimum Gasteiger partial charge on any atom is -0.367 e. The Labute approximate surface area is 251 Å². The molecule has 3 aromatic heterocycles. The van der Waals surface area contributed by atoms with Crippen LogP contribution in [0.25, 0.3) is 35.4 Å². The Kier molecular flexibility index (Phi) is 11.1. The molecule has 0 bridgehead atoms. The summed E-state index contributed by atoms with van der Waals surface area (Å²) in [5, 5.41) is 9.44. The molecule has 1 aliphatic carbocycles. The molecule has 0 aromatic carbocycles. The number of hydrogen-bond donors (Lipinski definition) is 2. The lowest BCUT2D eigenvalue weighted by Crippen LogP contribution is -2.43. The summed E-state index contributed by atoms with van der Waals surface area (Å²) in [6, 6.07) is 2.30. The van der Waals surface area contributed by atoms with E-state index < -0.39 is 0 Å². The number of aryl methyl sites for hydroxylation is 1. The molecule has 0 amide bonds. The fraction of sp³-hybridized carbons (Fsp3) is 0.457. The molecule has 0 spiro atoms. The van der Waals surface area contributed by atoms with Crippen LogP contribution in [0.1, 0.15) is 75.4 Å². The van der Waals surface area contributed by atoms with Crippen LogP contribution in [-0.2, 0) is 6.42 Å². The molecule has 1 saturated carbocycles. The highest BCUT2D eigenvalue weighted by molar-refractivity contribution is 5.70. The lowest BCUT2D eigenvalue weighted by molar-refractivity contribution is 0.207. The standard InChI is InChI=1S/C33H43N7.C2H6/c1-6-10-30(40-17-15-39(5)16-18-40)32-25(4)35-33(36-32)31-24(3)29(37-38-31)14-13-23(2)28-20-27(21-34-22-28)19-26-11-8-7-9-12-26;1-2/h6,10,13-14,20-22,26,37H,1,3,7-9,11-12,15-19H2,2,4-5H3,(H,35,36);1-2H3/b23-13+,29-14+,30-10+;. The predicted octanol–water partition coefficient (Wildman–Crippen LogP) is 5.72. The smallest absolute Gasteiger partial charge is 0.159 e. The molecule has 0 radical (unpaired) electrons. The summed E-state index contributed by atoms with van der Waals surface area (Å²) in [5.74, 6) is 1.52. The van der Waals surface area contributed by atoms with E-state index in [-0.39, 0.29) is 0 Å². The van der Waals surface area contributed by atoms with E-state index in [4.69, 9.17) is 4.98 Å². The predicted molar refractivity (Wildman–Crippen MR) is 177 cm³/mol. The second-order valence-corrected chi connectivity index (χ2v) is 11.4. The Morgan fingerprint density at radius 2 is 1.81 bits per heavy atom. The molecule has 7 heteroatoms. The molecule has 224 valence electrons. The van der Waals surface area contributed by atoms with Crippen LogP contribution in [0.4, 0.5) is 0 Å². The maximum Gasteiger partial charge on any atom is 0.159 e. The van der Waals surface area contributed by atoms with Gasteiger partial charge in [0.25, 0.3) is 0 Å². The second-order valence-electron chi connectivity index (χ2n) is 11.4. The number of piperazine rings is 1. The van der Waals surface area contributed by atoms with Gasteiger partial charge in [-0.1, -0.05) is 71.3 Å². The summed E-state index contributed by atoms with van der Waals surface area (Å²) < 4.78 is 0. The van der Waals surface area contributed by atoms with Crippen molar-refractivity contribution < 1.29 is 0 Å². The number of pyridine rings is 1. The quantitative estimate of drug-likeness (QED) is 0.341. The zero-order valence-corrected chi connectivity index (χ0v) is 26.3. The van der Waals surface area contributed by atoms with Crippen molar-refractivity contribution in [3.63, 3.8) is 0 Å². The van der Waals surface area contributed by atoms with Gasteiger partial charge in [0.1, 0.15) is 11.4 Å². The zero-order valence-electron chi connectivity index (χ0n) is 26.3. The SMILES string of the molecule is C=C/C=C(\c1nc(-c2n[nH]/c(=C/C=C(\C)c3cncc(CC4CCCCC4)c3)c2=C)[nH]c1C)N1CCN(C)CC1.CC. The molecule has 2 aliphatic rings. The van der Waals surface area contributed by atoms with Gasteiger partial charge in [0, 0.05) is 49.5 Å². The molecule has 5 rings (SSSR count). The highest BCUT2D eigenvalue weighted by atomic mass is 15.3. The highest BCUT2D eigenvalue weighted by Gasteiger charge is 2.22. The van der Waals surface area contributed by atoms with Crippen LogP contribution < -0.4 is 10.6 Å². The van der Waals surface area contributed by atoms with Crippen molar-refractivity contribution in [2.45, 2.75) is 66.2 Å². The number of H-pyrrole nitrogens is 2. The van der Waals surface area contributed by atoms with Crippen LogP contribution >= 0.6 is 0 Å². The Morgan fingerprint density at radius 3 is 2.52 bits per heavy atom. The normalized spacial score (nSPS) is 17.7. The molecule has 4 heterocycles. The van der Waals surface area contributed by atoms with Crippen molar-refractivity contribution in [1.29, 1.82) is 0 Å². The minimum absolute atomic E-state index is 0.720. The van der Waals surface area contributed by atoms with Crippen molar-refractivity contribution in [3.05, 3.63) is 76.3 Å². The number of nitrogens with zero attached hydrogens (tertiary/aromatic N) is 5. The van der Waals surface area contributed by atoms with Gasteiger partial charge in [0.15, 0.2) is 5.82 Å². The van der Waals surface area contributed by atoms with E-state index in [1.165, 1.54) is 37.7 Å². The molecule has 0 unspecified atom stereocenters. The van der Waals surface area contributed by atoms with Gasteiger partial charge in [-0.05, 0) is 68.2 Å². The third kappa shape index (κ3) is 7.57. The van der Waals surface area contributed by atoms with Crippen molar-refractivity contribution in [2.24, 2.45) is 5.92 Å². The van der Waals surface area contributed by atoms with Gasteiger partial charge in [0.05, 0.1) is 11.0 Å². The van der Waals surface area contributed by atoms with E-state index in [1.807, 2.05) is 38.4 Å². The van der Waals surface area contributed by atoms with E-state index >= 15 is 0 Å². The lowest BCUT2D eigenvalue weighted by Gasteiger charge is -2.35. The maximum absolute atomic E-state index is 4.98. The molecular formula is C35H49N7. The molecule has 1 aliphatic heterocycles.